The Morgan fingerprint density at radius 2 is 0.887 bits per heavy atom. The first-order valence-corrected chi connectivity index (χ1v) is 22.8. The normalized spacial score (nSPS) is 17.1. The molecule has 62 heavy (non-hydrogen) atoms. The largest absolute Gasteiger partial charge is 0.391 e. The summed E-state index contributed by atoms with van der Waals surface area (Å²) >= 11 is 3.39. The third-order valence-electron chi connectivity index (χ3n) is 12.2. The van der Waals surface area contributed by atoms with E-state index in [2.05, 4.69) is 31.4 Å². The van der Waals surface area contributed by atoms with Crippen molar-refractivity contribution in [2.24, 2.45) is 0 Å². The third kappa shape index (κ3) is 9.23. The molecular weight excluding hydrogens is 863 g/mol. The van der Waals surface area contributed by atoms with E-state index in [1.807, 2.05) is 26.0 Å². The molecule has 6 aromatic rings. The second-order valence-electron chi connectivity index (χ2n) is 16.9. The fourth-order valence-electron chi connectivity index (χ4n) is 8.17. The minimum absolute atomic E-state index is 0.150. The van der Waals surface area contributed by atoms with Crippen molar-refractivity contribution >= 4 is 15.9 Å². The molecule has 3 heterocycles. The van der Waals surface area contributed by atoms with E-state index in [1.165, 1.54) is 18.2 Å². The van der Waals surface area contributed by atoms with Crippen molar-refractivity contribution in [2.75, 3.05) is 13.2 Å². The van der Waals surface area contributed by atoms with Crippen LogP contribution in [0.25, 0.3) is 33.8 Å². The molecule has 326 valence electrons. The van der Waals surface area contributed by atoms with E-state index >= 15 is 0 Å². The molecule has 0 unspecified atom stereocenters. The molecule has 5 fully saturated rings. The number of rotatable bonds is 15. The summed E-state index contributed by atoms with van der Waals surface area (Å²) in [7, 11) is 0. The lowest BCUT2D eigenvalue weighted by Crippen LogP contribution is -1.99. The molecule has 0 spiro atoms. The van der Waals surface area contributed by atoms with Crippen LogP contribution in [0.4, 0.5) is 13.2 Å². The van der Waals surface area contributed by atoms with Crippen LogP contribution in [0.2, 0.25) is 0 Å². The lowest BCUT2D eigenvalue weighted by atomic mass is 9.96. The zero-order valence-corrected chi connectivity index (χ0v) is 36.6. The highest BCUT2D eigenvalue weighted by Crippen LogP contribution is 2.50. The summed E-state index contributed by atoms with van der Waals surface area (Å²) in [5, 5.41) is 22.0. The van der Waals surface area contributed by atoms with Gasteiger partial charge in [0.25, 0.3) is 0 Å². The van der Waals surface area contributed by atoms with Gasteiger partial charge in [0.15, 0.2) is 0 Å². The predicted octanol–water partition coefficient (Wildman–Crippen LogP) is 13.2. The molecule has 9 nitrogen and oxygen atoms in total. The highest BCUT2D eigenvalue weighted by molar-refractivity contribution is 9.10. The van der Waals surface area contributed by atoms with Crippen LogP contribution in [0.3, 0.4) is 0 Å². The van der Waals surface area contributed by atoms with E-state index in [1.54, 1.807) is 24.3 Å². The van der Waals surface area contributed by atoms with Gasteiger partial charge in [-0.1, -0.05) is 45.8 Å². The third-order valence-corrected chi connectivity index (χ3v) is 12.8. The first-order valence-electron chi connectivity index (χ1n) is 22.0. The van der Waals surface area contributed by atoms with E-state index in [-0.39, 0.29) is 24.1 Å². The van der Waals surface area contributed by atoms with Crippen LogP contribution < -0.4 is 0 Å². The van der Waals surface area contributed by atoms with Crippen LogP contribution in [-0.2, 0) is 29.3 Å². The standard InChI is InChI=1S/C18H20FNO2.C16H16FNO2.C15H15BrFNO2/c1-2-21-10-14-17(20-22-18(14)12-8-9-12)16-13(11-6-7-11)4-3-5-15(16)19;17-13-3-1-2-11(9-4-5-9)14(13)15-12(8-19)16(20-18-15)10-6-7-10;1-2-19-8-10-14(18-20-15(10)9-6-7-9)13-11(16)4-3-5-12(13)17/h3-5,11-12H,2,6-10H2,1H3;1-3,9-10,19H,4-8H2;3-5,9H,2,6-8H2,1H3. The van der Waals surface area contributed by atoms with Gasteiger partial charge in [0.2, 0.25) is 0 Å². The van der Waals surface area contributed by atoms with Crippen molar-refractivity contribution in [3.05, 3.63) is 122 Å². The molecular formula is C49H51BrF3N3O6. The van der Waals surface area contributed by atoms with Crippen LogP contribution in [-0.4, -0.2) is 33.8 Å². The molecule has 0 atom stereocenters. The summed E-state index contributed by atoms with van der Waals surface area (Å²) in [6.45, 7) is 5.82. The Kier molecular flexibility index (Phi) is 12.9. The zero-order valence-electron chi connectivity index (χ0n) is 35.0. The van der Waals surface area contributed by atoms with E-state index in [0.717, 1.165) is 104 Å². The Bertz CT molecular complexity index is 2490. The Morgan fingerprint density at radius 1 is 0.532 bits per heavy atom. The molecule has 0 saturated heterocycles. The minimum atomic E-state index is -0.312. The van der Waals surface area contributed by atoms with Crippen LogP contribution in [0.5, 0.6) is 0 Å². The number of hydrogen-bond donors (Lipinski definition) is 1. The van der Waals surface area contributed by atoms with Crippen LogP contribution >= 0.6 is 15.9 Å². The van der Waals surface area contributed by atoms with Crippen molar-refractivity contribution in [1.29, 1.82) is 0 Å². The summed E-state index contributed by atoms with van der Waals surface area (Å²) in [4.78, 5) is 0. The number of halogens is 4. The first kappa shape index (κ1) is 42.7. The fraction of sp³-hybridized carbons (Fsp3) is 0.449. The minimum Gasteiger partial charge on any atom is -0.391 e. The van der Waals surface area contributed by atoms with Crippen molar-refractivity contribution in [3.8, 4) is 33.8 Å². The fourth-order valence-corrected chi connectivity index (χ4v) is 8.70. The van der Waals surface area contributed by atoms with Crippen molar-refractivity contribution in [3.63, 3.8) is 0 Å². The number of nitrogens with zero attached hydrogens (tertiary/aromatic N) is 3. The lowest BCUT2D eigenvalue weighted by molar-refractivity contribution is 0.133. The highest BCUT2D eigenvalue weighted by Gasteiger charge is 2.37. The molecule has 0 radical (unpaired) electrons. The van der Waals surface area contributed by atoms with Crippen molar-refractivity contribution in [1.82, 2.24) is 15.5 Å². The second kappa shape index (κ2) is 18.7. The molecule has 5 saturated carbocycles. The number of hydrogen-bond acceptors (Lipinski definition) is 9. The topological polar surface area (TPSA) is 117 Å². The van der Waals surface area contributed by atoms with Crippen LogP contribution in [0, 0.1) is 17.5 Å². The van der Waals surface area contributed by atoms with Gasteiger partial charge in [-0.05, 0) is 141 Å². The Labute approximate surface area is 367 Å². The molecule has 5 aliphatic carbocycles. The van der Waals surface area contributed by atoms with Gasteiger partial charge in [-0.2, -0.15) is 0 Å². The average molecular weight is 915 g/mol. The summed E-state index contributed by atoms with van der Waals surface area (Å²) in [6.07, 6.45) is 11.0. The summed E-state index contributed by atoms with van der Waals surface area (Å²) in [6, 6.07) is 15.4. The van der Waals surface area contributed by atoms with Gasteiger partial charge in [0, 0.05) is 63.3 Å². The smallest absolute Gasteiger partial charge is 0.145 e. The molecule has 13 heteroatoms. The Balaban J connectivity index is 0.000000119. The second-order valence-corrected chi connectivity index (χ2v) is 17.8. The average Bonchev–Trinajstić information content (AvgIpc) is 4.05. The SMILES string of the molecule is CCOCc1c(-c2c(F)cccc2Br)noc1C1CC1.CCOCc1c(-c2c(F)cccc2C2CC2)noc1C1CC1.OCc1c(-c2c(F)cccc2C2CC2)noc1C1CC1. The molecule has 0 aliphatic heterocycles. The van der Waals surface area contributed by atoms with Gasteiger partial charge in [-0.3, -0.25) is 0 Å². The van der Waals surface area contributed by atoms with Crippen LogP contribution in [0.1, 0.15) is 153 Å². The maximum atomic E-state index is 14.5. The monoisotopic (exact) mass is 913 g/mol. The predicted molar refractivity (Wildman–Crippen MR) is 230 cm³/mol. The number of aromatic nitrogens is 3. The van der Waals surface area contributed by atoms with Gasteiger partial charge < -0.3 is 28.1 Å². The lowest BCUT2D eigenvalue weighted by Gasteiger charge is -2.10. The van der Waals surface area contributed by atoms with Crippen molar-refractivity contribution < 1.29 is 41.3 Å². The number of ether oxygens (including phenoxy) is 2. The summed E-state index contributed by atoms with van der Waals surface area (Å²) < 4.78 is 71.2. The molecule has 11 rings (SSSR count). The number of aliphatic hydroxyl groups excluding tert-OH is 1. The maximum Gasteiger partial charge on any atom is 0.145 e. The van der Waals surface area contributed by atoms with Gasteiger partial charge >= 0.3 is 0 Å². The molecule has 0 bridgehead atoms. The molecule has 3 aromatic carbocycles. The first-order chi connectivity index (χ1) is 30.3. The Morgan fingerprint density at radius 3 is 1.26 bits per heavy atom. The van der Waals surface area contributed by atoms with E-state index in [4.69, 9.17) is 23.0 Å². The summed E-state index contributed by atoms with van der Waals surface area (Å²) in [5.41, 5.74) is 7.82. The van der Waals surface area contributed by atoms with Gasteiger partial charge in [0.1, 0.15) is 51.8 Å². The molecule has 0 amide bonds. The molecule has 1 N–H and O–H groups in total. The van der Waals surface area contributed by atoms with Gasteiger partial charge in [0.05, 0.1) is 25.4 Å². The zero-order chi connectivity index (χ0) is 42.9. The molecule has 5 aliphatic rings. The summed E-state index contributed by atoms with van der Waals surface area (Å²) in [5.74, 6) is 3.79. The maximum absolute atomic E-state index is 14.5. The number of benzene rings is 3. The number of aliphatic hydroxyl groups is 1. The Hall–Kier alpha value is -4.56. The van der Waals surface area contributed by atoms with Gasteiger partial charge in [-0.15, -0.1) is 0 Å². The van der Waals surface area contributed by atoms with Gasteiger partial charge in [-0.25, -0.2) is 13.2 Å². The van der Waals surface area contributed by atoms with E-state index in [0.29, 0.717) is 99.8 Å². The quantitative estimate of drug-likeness (QED) is 0.107. The van der Waals surface area contributed by atoms with Crippen molar-refractivity contribution in [2.45, 2.75) is 127 Å². The van der Waals surface area contributed by atoms with E-state index in [9.17, 15) is 18.3 Å². The van der Waals surface area contributed by atoms with E-state index < -0.39 is 0 Å². The highest BCUT2D eigenvalue weighted by atomic mass is 79.9. The van der Waals surface area contributed by atoms with Crippen LogP contribution in [0.15, 0.2) is 72.6 Å². The molecule has 3 aromatic heterocycles.